The molecule has 84 valence electrons. The fourth-order valence-corrected chi connectivity index (χ4v) is 1.67. The van der Waals surface area contributed by atoms with Gasteiger partial charge in [-0.3, -0.25) is 0 Å². The van der Waals surface area contributed by atoms with Crippen LogP contribution in [0.4, 0.5) is 0 Å². The van der Waals surface area contributed by atoms with Crippen molar-refractivity contribution in [2.45, 2.75) is 0 Å². The number of ether oxygens (including phenoxy) is 2. The quantitative estimate of drug-likeness (QED) is 0.594. The van der Waals surface area contributed by atoms with E-state index in [1.54, 1.807) is 7.11 Å². The molecule has 0 saturated heterocycles. The monoisotopic (exact) mass is 225 g/mol. The van der Waals surface area contributed by atoms with Crippen LogP contribution in [0.25, 0.3) is 10.8 Å². The summed E-state index contributed by atoms with van der Waals surface area (Å²) < 4.78 is 10.7. The first-order chi connectivity index (χ1) is 8.36. The van der Waals surface area contributed by atoms with Crippen LogP contribution in [0.15, 0.2) is 48.7 Å². The Morgan fingerprint density at radius 1 is 1.06 bits per heavy atom. The van der Waals surface area contributed by atoms with Crippen LogP contribution >= 0.6 is 0 Å². The summed E-state index contributed by atoms with van der Waals surface area (Å²) in [7, 11) is 1.64. The molecule has 2 aromatic carbocycles. The first-order valence-electron chi connectivity index (χ1n) is 5.14. The van der Waals surface area contributed by atoms with Gasteiger partial charge in [0.15, 0.2) is 0 Å². The van der Waals surface area contributed by atoms with Crippen LogP contribution in [0.2, 0.25) is 0 Å². The van der Waals surface area contributed by atoms with Crippen LogP contribution in [-0.2, 0) is 0 Å². The molecule has 2 rings (SSSR count). The number of nitrogens with zero attached hydrogens (tertiary/aromatic N) is 1. The molecule has 0 aliphatic carbocycles. The second-order valence-corrected chi connectivity index (χ2v) is 3.36. The van der Waals surface area contributed by atoms with E-state index in [0.717, 1.165) is 16.5 Å². The summed E-state index contributed by atoms with van der Waals surface area (Å²) in [4.78, 5) is 0. The van der Waals surface area contributed by atoms with E-state index in [-0.39, 0.29) is 0 Å². The van der Waals surface area contributed by atoms with Crippen LogP contribution in [0.1, 0.15) is 0 Å². The van der Waals surface area contributed by atoms with Crippen LogP contribution in [0.5, 0.6) is 11.5 Å². The molecule has 0 fully saturated rings. The number of fused-ring (bicyclic) bond motifs is 1. The van der Waals surface area contributed by atoms with Gasteiger partial charge in [-0.05, 0) is 12.1 Å². The fourth-order valence-electron chi connectivity index (χ4n) is 1.67. The van der Waals surface area contributed by atoms with Gasteiger partial charge in [0.05, 0.1) is 19.3 Å². The van der Waals surface area contributed by atoms with Gasteiger partial charge in [0.2, 0.25) is 0 Å². The molecule has 0 heterocycles. The van der Waals surface area contributed by atoms with Crippen LogP contribution in [0, 0.1) is 11.3 Å². The lowest BCUT2D eigenvalue weighted by Crippen LogP contribution is -1.87. The van der Waals surface area contributed by atoms with E-state index in [4.69, 9.17) is 14.7 Å². The van der Waals surface area contributed by atoms with Crippen molar-refractivity contribution in [3.8, 4) is 17.6 Å². The standard InChI is InChI=1S/C14H11NO2/c1-16-13-7-2-6-12-11(13)5-3-8-14(12)17-10-4-9-15/h2-8,10H,1H3/b10-4-. The number of allylic oxidation sites excluding steroid dienone is 1. The Morgan fingerprint density at radius 3 is 2.35 bits per heavy atom. The highest BCUT2D eigenvalue weighted by atomic mass is 16.5. The van der Waals surface area contributed by atoms with Crippen molar-refractivity contribution in [2.24, 2.45) is 0 Å². The number of benzene rings is 2. The Morgan fingerprint density at radius 2 is 1.71 bits per heavy atom. The van der Waals surface area contributed by atoms with Gasteiger partial charge in [-0.2, -0.15) is 5.26 Å². The van der Waals surface area contributed by atoms with Crippen molar-refractivity contribution in [1.29, 1.82) is 5.26 Å². The molecule has 0 atom stereocenters. The Labute approximate surface area is 99.5 Å². The summed E-state index contributed by atoms with van der Waals surface area (Å²) in [5.74, 6) is 1.50. The first-order valence-corrected chi connectivity index (χ1v) is 5.14. The van der Waals surface area contributed by atoms with Gasteiger partial charge in [-0.25, -0.2) is 0 Å². The Hall–Kier alpha value is -2.47. The maximum absolute atomic E-state index is 8.40. The zero-order valence-electron chi connectivity index (χ0n) is 9.38. The van der Waals surface area contributed by atoms with E-state index < -0.39 is 0 Å². The lowest BCUT2D eigenvalue weighted by Gasteiger charge is -2.08. The average molecular weight is 225 g/mol. The molecule has 0 radical (unpaired) electrons. The van der Waals surface area contributed by atoms with Gasteiger partial charge < -0.3 is 9.47 Å². The molecule has 0 aromatic heterocycles. The molecule has 17 heavy (non-hydrogen) atoms. The molecule has 0 unspecified atom stereocenters. The van der Waals surface area contributed by atoms with E-state index >= 15 is 0 Å². The summed E-state index contributed by atoms with van der Waals surface area (Å²) >= 11 is 0. The maximum atomic E-state index is 8.40. The van der Waals surface area contributed by atoms with Crippen LogP contribution in [-0.4, -0.2) is 7.11 Å². The smallest absolute Gasteiger partial charge is 0.134 e. The van der Waals surface area contributed by atoms with Crippen LogP contribution < -0.4 is 9.47 Å². The molecule has 0 aliphatic heterocycles. The lowest BCUT2D eigenvalue weighted by molar-refractivity contribution is 0.419. The van der Waals surface area contributed by atoms with Crippen molar-refractivity contribution in [3.63, 3.8) is 0 Å². The second kappa shape index (κ2) is 5.04. The molecule has 0 N–H and O–H groups in total. The minimum absolute atomic E-state index is 0.702. The molecular formula is C14H11NO2. The number of hydrogen-bond acceptors (Lipinski definition) is 3. The number of methoxy groups -OCH3 is 1. The molecule has 0 aliphatic rings. The van der Waals surface area contributed by atoms with Crippen LogP contribution in [0.3, 0.4) is 0 Å². The predicted octanol–water partition coefficient (Wildman–Crippen LogP) is 3.26. The van der Waals surface area contributed by atoms with E-state index in [0.29, 0.717) is 5.75 Å². The lowest BCUT2D eigenvalue weighted by atomic mass is 10.1. The van der Waals surface area contributed by atoms with E-state index in [1.807, 2.05) is 42.5 Å². The number of nitriles is 1. The van der Waals surface area contributed by atoms with Crippen molar-refractivity contribution in [2.75, 3.05) is 7.11 Å². The molecular weight excluding hydrogens is 214 g/mol. The van der Waals surface area contributed by atoms with Gasteiger partial charge in [0.1, 0.15) is 17.8 Å². The highest BCUT2D eigenvalue weighted by Crippen LogP contribution is 2.31. The van der Waals surface area contributed by atoms with Gasteiger partial charge in [0.25, 0.3) is 0 Å². The zero-order valence-corrected chi connectivity index (χ0v) is 9.38. The van der Waals surface area contributed by atoms with Crippen molar-refractivity contribution < 1.29 is 9.47 Å². The molecule has 0 amide bonds. The predicted molar refractivity (Wildman–Crippen MR) is 65.9 cm³/mol. The minimum Gasteiger partial charge on any atom is -0.496 e. The second-order valence-electron chi connectivity index (χ2n) is 3.36. The molecule has 0 saturated carbocycles. The Balaban J connectivity index is 2.51. The Kier molecular flexibility index (Phi) is 3.27. The highest BCUT2D eigenvalue weighted by molar-refractivity contribution is 5.93. The average Bonchev–Trinajstić information content (AvgIpc) is 2.38. The maximum Gasteiger partial charge on any atom is 0.134 e. The highest BCUT2D eigenvalue weighted by Gasteiger charge is 2.04. The summed E-state index contributed by atoms with van der Waals surface area (Å²) in [5.41, 5.74) is 0. The molecule has 0 spiro atoms. The fraction of sp³-hybridized carbons (Fsp3) is 0.0714. The minimum atomic E-state index is 0.702. The normalized spacial score (nSPS) is 10.4. The molecule has 3 heteroatoms. The van der Waals surface area contributed by atoms with Crippen molar-refractivity contribution in [1.82, 2.24) is 0 Å². The third kappa shape index (κ3) is 2.21. The van der Waals surface area contributed by atoms with E-state index in [1.165, 1.54) is 12.3 Å². The topological polar surface area (TPSA) is 42.2 Å². The number of rotatable bonds is 3. The van der Waals surface area contributed by atoms with Gasteiger partial charge >= 0.3 is 0 Å². The van der Waals surface area contributed by atoms with Gasteiger partial charge in [-0.1, -0.05) is 24.3 Å². The third-order valence-electron chi connectivity index (χ3n) is 2.40. The SMILES string of the molecule is COc1cccc2c(O/C=C\C#N)cccc12. The molecule has 2 aromatic rings. The van der Waals surface area contributed by atoms with E-state index in [2.05, 4.69) is 0 Å². The van der Waals surface area contributed by atoms with E-state index in [9.17, 15) is 0 Å². The van der Waals surface area contributed by atoms with Gasteiger partial charge in [-0.15, -0.1) is 0 Å². The summed E-state index contributed by atoms with van der Waals surface area (Å²) in [6.07, 6.45) is 2.66. The van der Waals surface area contributed by atoms with Crippen molar-refractivity contribution in [3.05, 3.63) is 48.7 Å². The Bertz CT molecular complexity index is 597. The summed E-state index contributed by atoms with van der Waals surface area (Å²) in [6.45, 7) is 0. The zero-order chi connectivity index (χ0) is 12.1. The largest absolute Gasteiger partial charge is 0.496 e. The molecule has 0 bridgehead atoms. The third-order valence-corrected chi connectivity index (χ3v) is 2.40. The summed E-state index contributed by atoms with van der Waals surface area (Å²) in [5, 5.41) is 10.3. The van der Waals surface area contributed by atoms with Crippen molar-refractivity contribution >= 4 is 10.8 Å². The number of hydrogen-bond donors (Lipinski definition) is 0. The summed E-state index contributed by atoms with van der Waals surface area (Å²) in [6, 6.07) is 13.3. The first kappa shape index (κ1) is 11.0. The van der Waals surface area contributed by atoms with Gasteiger partial charge in [0, 0.05) is 10.8 Å². The molecule has 3 nitrogen and oxygen atoms in total.